The van der Waals surface area contributed by atoms with E-state index in [2.05, 4.69) is 34.6 Å². The number of nitrogens with one attached hydrogen (secondary N) is 1. The largest absolute Gasteiger partial charge is 0.326 e. The average Bonchev–Trinajstić information content (AvgIpc) is 3.46. The number of benzene rings is 3. The summed E-state index contributed by atoms with van der Waals surface area (Å²) >= 11 is 1.25. The number of halogens is 1. The molecule has 2 aliphatic rings. The van der Waals surface area contributed by atoms with E-state index in [0.717, 1.165) is 16.8 Å². The molecule has 0 bridgehead atoms. The summed E-state index contributed by atoms with van der Waals surface area (Å²) in [7, 11) is 0. The van der Waals surface area contributed by atoms with E-state index >= 15 is 0 Å². The van der Waals surface area contributed by atoms with Crippen molar-refractivity contribution in [2.75, 3.05) is 5.32 Å². The molecule has 0 radical (unpaired) electrons. The van der Waals surface area contributed by atoms with Gasteiger partial charge in [-0.25, -0.2) is 9.40 Å². The second-order valence-electron chi connectivity index (χ2n) is 8.49. The first-order chi connectivity index (χ1) is 17.0. The molecule has 0 aromatic heterocycles. The molecule has 0 aliphatic carbocycles. The van der Waals surface area contributed by atoms with Crippen molar-refractivity contribution < 1.29 is 14.0 Å². The van der Waals surface area contributed by atoms with Crippen molar-refractivity contribution in [3.8, 4) is 0 Å². The molecule has 2 aliphatic heterocycles. The quantitative estimate of drug-likeness (QED) is 0.530. The highest BCUT2D eigenvalue weighted by Crippen LogP contribution is 2.38. The van der Waals surface area contributed by atoms with Gasteiger partial charge in [0.05, 0.1) is 11.8 Å². The van der Waals surface area contributed by atoms with Gasteiger partial charge in [0.2, 0.25) is 5.91 Å². The molecule has 0 saturated heterocycles. The fraction of sp³-hybridized carbons (Fsp3) is 0.185. The SMILES string of the molecule is Cc1ccc(C2=NN(C3=NC(=O)[C@H](CC(=O)Nc4ccc(F)cc4)S3)[C@@H](c3ccccc3)C2)cc1. The first-order valence-corrected chi connectivity index (χ1v) is 12.2. The Morgan fingerprint density at radius 1 is 1.06 bits per heavy atom. The summed E-state index contributed by atoms with van der Waals surface area (Å²) in [6.45, 7) is 2.04. The van der Waals surface area contributed by atoms with Gasteiger partial charge in [-0.15, -0.1) is 0 Å². The number of hydrogen-bond acceptors (Lipinski definition) is 5. The lowest BCUT2D eigenvalue weighted by Crippen LogP contribution is -2.25. The third kappa shape index (κ3) is 5.17. The predicted molar refractivity (Wildman–Crippen MR) is 137 cm³/mol. The molecule has 6 nitrogen and oxygen atoms in total. The Balaban J connectivity index is 1.33. The number of aliphatic imine (C=N–C) groups is 1. The molecular formula is C27H23FN4O2S. The zero-order valence-corrected chi connectivity index (χ0v) is 19.8. The molecule has 3 aromatic carbocycles. The minimum absolute atomic E-state index is 0.0355. The molecule has 1 N–H and O–H groups in total. The van der Waals surface area contributed by atoms with Crippen LogP contribution in [0, 0.1) is 12.7 Å². The van der Waals surface area contributed by atoms with Gasteiger partial charge in [-0.3, -0.25) is 9.59 Å². The summed E-state index contributed by atoms with van der Waals surface area (Å²) in [4.78, 5) is 29.5. The Hall–Kier alpha value is -3.78. The summed E-state index contributed by atoms with van der Waals surface area (Å²) in [5, 5.41) is 9.23. The van der Waals surface area contributed by atoms with Gasteiger partial charge >= 0.3 is 0 Å². The van der Waals surface area contributed by atoms with Crippen molar-refractivity contribution in [2.45, 2.75) is 31.1 Å². The van der Waals surface area contributed by atoms with Crippen LogP contribution < -0.4 is 5.32 Å². The van der Waals surface area contributed by atoms with Crippen LogP contribution >= 0.6 is 11.8 Å². The summed E-state index contributed by atoms with van der Waals surface area (Å²) in [5.74, 6) is -1.07. The maximum Gasteiger partial charge on any atom is 0.262 e. The van der Waals surface area contributed by atoms with Crippen LogP contribution in [0.1, 0.15) is 35.6 Å². The molecule has 35 heavy (non-hydrogen) atoms. The second-order valence-corrected chi connectivity index (χ2v) is 9.66. The van der Waals surface area contributed by atoms with Crippen LogP contribution in [0.2, 0.25) is 0 Å². The Morgan fingerprint density at radius 3 is 2.49 bits per heavy atom. The molecule has 0 spiro atoms. The van der Waals surface area contributed by atoms with Crippen molar-refractivity contribution in [3.63, 3.8) is 0 Å². The first-order valence-electron chi connectivity index (χ1n) is 11.3. The smallest absolute Gasteiger partial charge is 0.262 e. The summed E-state index contributed by atoms with van der Waals surface area (Å²) in [6.07, 6.45) is 0.642. The predicted octanol–water partition coefficient (Wildman–Crippen LogP) is 5.31. The summed E-state index contributed by atoms with van der Waals surface area (Å²) in [5.41, 5.74) is 4.68. The number of hydrazone groups is 1. The molecule has 0 saturated carbocycles. The monoisotopic (exact) mass is 486 g/mol. The van der Waals surface area contributed by atoms with E-state index in [4.69, 9.17) is 5.10 Å². The van der Waals surface area contributed by atoms with Crippen molar-refractivity contribution in [2.24, 2.45) is 10.1 Å². The summed E-state index contributed by atoms with van der Waals surface area (Å²) in [6, 6.07) is 23.6. The van der Waals surface area contributed by atoms with Gasteiger partial charge in [0, 0.05) is 18.5 Å². The van der Waals surface area contributed by atoms with E-state index in [1.54, 1.807) is 0 Å². The zero-order chi connectivity index (χ0) is 24.4. The fourth-order valence-electron chi connectivity index (χ4n) is 4.06. The molecule has 0 unspecified atom stereocenters. The van der Waals surface area contributed by atoms with Crippen LogP contribution in [0.3, 0.4) is 0 Å². The third-order valence-corrected chi connectivity index (χ3v) is 7.05. The number of amidine groups is 1. The van der Waals surface area contributed by atoms with Crippen molar-refractivity contribution in [1.29, 1.82) is 0 Å². The van der Waals surface area contributed by atoms with Crippen LogP contribution in [0.15, 0.2) is 89.0 Å². The number of amides is 2. The molecule has 0 fully saturated rings. The molecular weight excluding hydrogens is 463 g/mol. The highest BCUT2D eigenvalue weighted by molar-refractivity contribution is 8.15. The van der Waals surface area contributed by atoms with E-state index in [0.29, 0.717) is 17.3 Å². The lowest BCUT2D eigenvalue weighted by Gasteiger charge is -2.23. The maximum atomic E-state index is 13.1. The van der Waals surface area contributed by atoms with Crippen molar-refractivity contribution >= 4 is 40.1 Å². The third-order valence-electron chi connectivity index (χ3n) is 5.90. The Morgan fingerprint density at radius 2 is 1.77 bits per heavy atom. The summed E-state index contributed by atoms with van der Waals surface area (Å²) < 4.78 is 13.1. The second kappa shape index (κ2) is 9.84. The van der Waals surface area contributed by atoms with Gasteiger partial charge in [0.25, 0.3) is 5.91 Å². The fourth-order valence-corrected chi connectivity index (χ4v) is 5.12. The number of thioether (sulfide) groups is 1. The maximum absolute atomic E-state index is 13.1. The minimum Gasteiger partial charge on any atom is -0.326 e. The van der Waals surface area contributed by atoms with Crippen LogP contribution in [0.5, 0.6) is 0 Å². The van der Waals surface area contributed by atoms with Gasteiger partial charge in [-0.05, 0) is 42.3 Å². The van der Waals surface area contributed by atoms with E-state index < -0.39 is 5.25 Å². The Bertz CT molecular complexity index is 1310. The first kappa shape index (κ1) is 23.0. The highest BCUT2D eigenvalue weighted by Gasteiger charge is 2.39. The zero-order valence-electron chi connectivity index (χ0n) is 19.0. The van der Waals surface area contributed by atoms with E-state index in [9.17, 15) is 14.0 Å². The van der Waals surface area contributed by atoms with Crippen LogP contribution in [0.25, 0.3) is 0 Å². The average molecular weight is 487 g/mol. The molecule has 3 aromatic rings. The molecule has 8 heteroatoms. The van der Waals surface area contributed by atoms with Crippen molar-refractivity contribution in [1.82, 2.24) is 5.01 Å². The van der Waals surface area contributed by atoms with Gasteiger partial charge in [-0.1, -0.05) is 71.9 Å². The normalized spacial score (nSPS) is 19.5. The van der Waals surface area contributed by atoms with Crippen molar-refractivity contribution in [3.05, 3.63) is 101 Å². The van der Waals surface area contributed by atoms with Gasteiger partial charge in [0.1, 0.15) is 11.1 Å². The van der Waals surface area contributed by atoms with Crippen LogP contribution in [-0.2, 0) is 9.59 Å². The number of anilines is 1. The number of carbonyl (C=O) groups is 2. The highest BCUT2D eigenvalue weighted by atomic mass is 32.2. The van der Waals surface area contributed by atoms with Crippen LogP contribution in [0.4, 0.5) is 10.1 Å². The lowest BCUT2D eigenvalue weighted by atomic mass is 9.98. The van der Waals surface area contributed by atoms with E-state index in [1.165, 1.54) is 41.6 Å². The van der Waals surface area contributed by atoms with Gasteiger partial charge < -0.3 is 5.32 Å². The molecule has 5 rings (SSSR count). The molecule has 2 atom stereocenters. The van der Waals surface area contributed by atoms with Crippen LogP contribution in [-0.4, -0.2) is 33.0 Å². The number of aryl methyl sites for hydroxylation is 1. The van der Waals surface area contributed by atoms with E-state index in [-0.39, 0.29) is 30.1 Å². The van der Waals surface area contributed by atoms with Gasteiger partial charge in [-0.2, -0.15) is 10.1 Å². The van der Waals surface area contributed by atoms with E-state index in [1.807, 2.05) is 42.3 Å². The van der Waals surface area contributed by atoms with Gasteiger partial charge in [0.15, 0.2) is 5.17 Å². The number of carbonyl (C=O) groups excluding carboxylic acids is 2. The Kier molecular flexibility index (Phi) is 6.46. The number of hydrogen-bond donors (Lipinski definition) is 1. The molecule has 176 valence electrons. The topological polar surface area (TPSA) is 74.1 Å². The standard InChI is InChI=1S/C27H23FN4O2S/c1-17-7-9-18(10-8-17)22-15-23(19-5-3-2-4-6-19)32(31-22)27-30-26(34)24(35-27)16-25(33)29-21-13-11-20(28)12-14-21/h2-14,23-24H,15-16H2,1H3,(H,29,33)/t23-,24+/m1/s1. The lowest BCUT2D eigenvalue weighted by molar-refractivity contribution is -0.121. The molecule has 2 amide bonds. The number of rotatable bonds is 5. The Labute approximate surface area is 207 Å². The minimum atomic E-state index is -0.638. The number of nitrogens with zero attached hydrogens (tertiary/aromatic N) is 3. The molecule has 2 heterocycles.